The van der Waals surface area contributed by atoms with Crippen LogP contribution >= 0.6 is 0 Å². The Labute approximate surface area is 263 Å². The number of rotatable bonds is 33. The van der Waals surface area contributed by atoms with Crippen LogP contribution in [0.15, 0.2) is 12.2 Å². The number of allylic oxidation sites excluding steroid dienone is 2. The molecule has 0 heterocycles. The number of carbonyl (C=O) groups is 2. The fourth-order valence-electron chi connectivity index (χ4n) is 5.62. The molecule has 0 spiro atoms. The van der Waals surface area contributed by atoms with Gasteiger partial charge in [0.2, 0.25) is 11.8 Å². The molecule has 1 atom stereocenters. The Bertz CT molecular complexity index is 604. The number of hydrogen-bond acceptors (Lipinski definition) is 2. The summed E-state index contributed by atoms with van der Waals surface area (Å²) < 4.78 is 0. The van der Waals surface area contributed by atoms with Gasteiger partial charge in [-0.3, -0.25) is 9.59 Å². The minimum absolute atomic E-state index is 0.194. The van der Waals surface area contributed by atoms with Crippen LogP contribution in [-0.2, 0) is 9.59 Å². The highest BCUT2D eigenvalue weighted by atomic mass is 16.2. The Morgan fingerprint density at radius 1 is 0.500 bits per heavy atom. The normalized spacial score (nSPS) is 12.2. The molecule has 0 aromatic rings. The number of hydrogen-bond donors (Lipinski definition) is 2. The summed E-state index contributed by atoms with van der Waals surface area (Å²) in [7, 11) is 0. The largest absolute Gasteiger partial charge is 0.356 e. The molecule has 0 aliphatic heterocycles. The van der Waals surface area contributed by atoms with E-state index in [2.05, 4.69) is 43.6 Å². The van der Waals surface area contributed by atoms with E-state index in [1.54, 1.807) is 0 Å². The molecule has 0 unspecified atom stereocenters. The van der Waals surface area contributed by atoms with Crippen LogP contribution in [0.1, 0.15) is 207 Å². The van der Waals surface area contributed by atoms with Gasteiger partial charge in [-0.15, -0.1) is 0 Å². The smallest absolute Gasteiger partial charge is 0.220 e. The van der Waals surface area contributed by atoms with Crippen LogP contribution in [0.5, 0.6) is 0 Å². The minimum atomic E-state index is 0.194. The molecule has 0 aliphatic rings. The lowest BCUT2D eigenvalue weighted by molar-refractivity contribution is -0.122. The Hall–Kier alpha value is -1.32. The Kier molecular flexibility index (Phi) is 33.1. The summed E-state index contributed by atoms with van der Waals surface area (Å²) in [6.07, 6.45) is 40.1. The van der Waals surface area contributed by atoms with Crippen molar-refractivity contribution in [1.82, 2.24) is 10.6 Å². The lowest BCUT2D eigenvalue weighted by Crippen LogP contribution is -2.32. The highest BCUT2D eigenvalue weighted by Crippen LogP contribution is 2.13. The van der Waals surface area contributed by atoms with Crippen LogP contribution in [0.2, 0.25) is 0 Å². The number of amides is 2. The molecular formula is C38H74N2O2. The fourth-order valence-corrected chi connectivity index (χ4v) is 5.62. The van der Waals surface area contributed by atoms with Crippen LogP contribution in [0.25, 0.3) is 0 Å². The first-order valence-electron chi connectivity index (χ1n) is 18.8. The summed E-state index contributed by atoms with van der Waals surface area (Å²) in [4.78, 5) is 24.3. The average molecular weight is 591 g/mol. The van der Waals surface area contributed by atoms with E-state index in [4.69, 9.17) is 0 Å². The highest BCUT2D eigenvalue weighted by Gasteiger charge is 2.07. The van der Waals surface area contributed by atoms with Crippen molar-refractivity contribution in [3.8, 4) is 0 Å². The SMILES string of the molecule is CCCCCC/C=C\CCCCCCCC(=O)N[C@H](C)CCCCNC(=O)CCCCCCCCCCCCCCC. The maximum atomic E-state index is 12.2. The van der Waals surface area contributed by atoms with Crippen LogP contribution in [0, 0.1) is 0 Å². The van der Waals surface area contributed by atoms with E-state index >= 15 is 0 Å². The van der Waals surface area contributed by atoms with Gasteiger partial charge >= 0.3 is 0 Å². The van der Waals surface area contributed by atoms with Gasteiger partial charge in [0.15, 0.2) is 0 Å². The molecule has 0 rings (SSSR count). The maximum Gasteiger partial charge on any atom is 0.220 e. The lowest BCUT2D eigenvalue weighted by atomic mass is 10.0. The van der Waals surface area contributed by atoms with Crippen molar-refractivity contribution in [2.24, 2.45) is 0 Å². The van der Waals surface area contributed by atoms with Gasteiger partial charge in [-0.1, -0.05) is 142 Å². The molecule has 0 aromatic heterocycles. The predicted octanol–water partition coefficient (Wildman–Crippen LogP) is 11.5. The zero-order valence-corrected chi connectivity index (χ0v) is 28.8. The molecule has 248 valence electrons. The van der Waals surface area contributed by atoms with Gasteiger partial charge in [-0.05, 0) is 64.7 Å². The summed E-state index contributed by atoms with van der Waals surface area (Å²) in [6.45, 7) is 7.39. The molecule has 0 aliphatic carbocycles. The second kappa shape index (κ2) is 34.2. The molecule has 0 saturated heterocycles. The van der Waals surface area contributed by atoms with E-state index in [1.807, 2.05) is 0 Å². The fraction of sp³-hybridized carbons (Fsp3) is 0.895. The summed E-state index contributed by atoms with van der Waals surface area (Å²) in [6, 6.07) is 0.216. The van der Waals surface area contributed by atoms with Crippen molar-refractivity contribution in [3.05, 3.63) is 12.2 Å². The van der Waals surface area contributed by atoms with E-state index in [1.165, 1.54) is 135 Å². The zero-order valence-electron chi connectivity index (χ0n) is 28.8. The second-order valence-corrected chi connectivity index (χ2v) is 12.9. The molecule has 0 bridgehead atoms. The predicted molar refractivity (Wildman–Crippen MR) is 185 cm³/mol. The lowest BCUT2D eigenvalue weighted by Gasteiger charge is -2.14. The number of carbonyl (C=O) groups excluding carboxylic acids is 2. The first-order chi connectivity index (χ1) is 20.6. The maximum absolute atomic E-state index is 12.2. The summed E-state index contributed by atoms with van der Waals surface area (Å²) in [5, 5.41) is 6.23. The van der Waals surface area contributed by atoms with Crippen molar-refractivity contribution in [2.75, 3.05) is 6.54 Å². The van der Waals surface area contributed by atoms with Gasteiger partial charge in [-0.25, -0.2) is 0 Å². The molecule has 0 saturated carbocycles. The first kappa shape index (κ1) is 40.7. The second-order valence-electron chi connectivity index (χ2n) is 12.9. The number of nitrogens with one attached hydrogen (secondary N) is 2. The minimum Gasteiger partial charge on any atom is -0.356 e. The molecule has 2 N–H and O–H groups in total. The van der Waals surface area contributed by atoms with Crippen LogP contribution in [0.4, 0.5) is 0 Å². The standard InChI is InChI=1S/C38H74N2O2/c1-4-6-8-10-12-14-16-18-20-22-24-26-28-33-37(41)39-35-31-30-32-36(3)40-38(42)34-29-27-25-23-21-19-17-15-13-11-9-7-5-2/h15,17,36H,4-14,16,18-35H2,1-3H3,(H,39,41)(H,40,42)/b17-15-/t36-/m1/s1. The van der Waals surface area contributed by atoms with Crippen molar-refractivity contribution >= 4 is 11.8 Å². The van der Waals surface area contributed by atoms with Gasteiger partial charge in [0.25, 0.3) is 0 Å². The third kappa shape index (κ3) is 33.2. The van der Waals surface area contributed by atoms with Gasteiger partial charge in [0, 0.05) is 25.4 Å². The van der Waals surface area contributed by atoms with Gasteiger partial charge in [0.05, 0.1) is 0 Å². The topological polar surface area (TPSA) is 58.2 Å². The number of unbranched alkanes of at least 4 members (excludes halogenated alkanes) is 22. The summed E-state index contributed by atoms with van der Waals surface area (Å²) in [5.41, 5.74) is 0. The first-order valence-corrected chi connectivity index (χ1v) is 18.8. The van der Waals surface area contributed by atoms with Crippen molar-refractivity contribution in [3.63, 3.8) is 0 Å². The Morgan fingerprint density at radius 2 is 0.905 bits per heavy atom. The van der Waals surface area contributed by atoms with Gasteiger partial charge in [-0.2, -0.15) is 0 Å². The van der Waals surface area contributed by atoms with Crippen molar-refractivity contribution < 1.29 is 9.59 Å². The molecule has 2 amide bonds. The molecule has 0 fully saturated rings. The van der Waals surface area contributed by atoms with Gasteiger partial charge < -0.3 is 10.6 Å². The molecule has 42 heavy (non-hydrogen) atoms. The Morgan fingerprint density at radius 3 is 1.40 bits per heavy atom. The summed E-state index contributed by atoms with van der Waals surface area (Å²) >= 11 is 0. The van der Waals surface area contributed by atoms with Crippen LogP contribution in [0.3, 0.4) is 0 Å². The average Bonchev–Trinajstić information content (AvgIpc) is 2.97. The van der Waals surface area contributed by atoms with E-state index in [9.17, 15) is 9.59 Å². The molecule has 0 aromatic carbocycles. The van der Waals surface area contributed by atoms with E-state index in [0.717, 1.165) is 45.1 Å². The molecule has 0 radical (unpaired) electrons. The summed E-state index contributed by atoms with van der Waals surface area (Å²) in [5.74, 6) is 0.397. The van der Waals surface area contributed by atoms with Crippen molar-refractivity contribution in [1.29, 1.82) is 0 Å². The van der Waals surface area contributed by atoms with E-state index in [-0.39, 0.29) is 17.9 Å². The van der Waals surface area contributed by atoms with Crippen LogP contribution in [-0.4, -0.2) is 24.4 Å². The van der Waals surface area contributed by atoms with Crippen LogP contribution < -0.4 is 10.6 Å². The molecular weight excluding hydrogens is 516 g/mol. The third-order valence-electron chi connectivity index (χ3n) is 8.47. The van der Waals surface area contributed by atoms with E-state index in [0.29, 0.717) is 12.8 Å². The van der Waals surface area contributed by atoms with Crippen molar-refractivity contribution in [2.45, 2.75) is 213 Å². The highest BCUT2D eigenvalue weighted by molar-refractivity contribution is 5.76. The third-order valence-corrected chi connectivity index (χ3v) is 8.47. The molecule has 4 nitrogen and oxygen atoms in total. The molecule has 4 heteroatoms. The Balaban J connectivity index is 3.41. The van der Waals surface area contributed by atoms with Gasteiger partial charge in [0.1, 0.15) is 0 Å². The quantitative estimate of drug-likeness (QED) is 0.0590. The zero-order chi connectivity index (χ0) is 30.8. The van der Waals surface area contributed by atoms with E-state index < -0.39 is 0 Å². The monoisotopic (exact) mass is 591 g/mol.